The molecule has 7 heteroatoms. The minimum Gasteiger partial charge on any atom is -0.465 e. The van der Waals surface area contributed by atoms with Gasteiger partial charge in [0.15, 0.2) is 0 Å². The number of ether oxygens (including phenoxy) is 1. The predicted octanol–water partition coefficient (Wildman–Crippen LogP) is 4.81. The Morgan fingerprint density at radius 2 is 1.88 bits per heavy atom. The molecule has 3 rings (SSSR count). The molecule has 0 aliphatic rings. The Bertz CT molecular complexity index is 970. The Morgan fingerprint density at radius 3 is 2.58 bits per heavy atom. The summed E-state index contributed by atoms with van der Waals surface area (Å²) in [7, 11) is 1.29. The molecule has 0 saturated heterocycles. The number of amides is 1. The van der Waals surface area contributed by atoms with Crippen molar-refractivity contribution in [2.45, 2.75) is 6.92 Å². The van der Waals surface area contributed by atoms with Gasteiger partial charge in [-0.3, -0.25) is 4.79 Å². The quantitative estimate of drug-likeness (QED) is 0.653. The molecule has 1 heterocycles. The molecule has 0 aliphatic carbocycles. The number of aryl methyl sites for hydroxylation is 1. The van der Waals surface area contributed by atoms with Crippen LogP contribution in [0.25, 0.3) is 10.6 Å². The summed E-state index contributed by atoms with van der Waals surface area (Å²) in [5.74, 6) is -0.830. The van der Waals surface area contributed by atoms with Gasteiger partial charge in [-0.1, -0.05) is 41.9 Å². The standard InChI is InChI=1S/C19H15ClN2O3S/c1-11-16(26-18(21-11)12-6-4-3-5-7-12)17(23)22-15-10-13(19(24)25-2)8-9-14(15)20/h3-10H,1-2H3,(H,22,23). The maximum Gasteiger partial charge on any atom is 0.337 e. The van der Waals surface area contributed by atoms with Crippen LogP contribution in [0.5, 0.6) is 0 Å². The van der Waals surface area contributed by atoms with Crippen molar-refractivity contribution in [3.8, 4) is 10.6 Å². The summed E-state index contributed by atoms with van der Waals surface area (Å²) < 4.78 is 4.69. The summed E-state index contributed by atoms with van der Waals surface area (Å²) in [5.41, 5.74) is 2.23. The van der Waals surface area contributed by atoms with Gasteiger partial charge in [-0.05, 0) is 25.1 Å². The van der Waals surface area contributed by atoms with Gasteiger partial charge in [0.1, 0.15) is 9.88 Å². The monoisotopic (exact) mass is 386 g/mol. The summed E-state index contributed by atoms with van der Waals surface area (Å²) in [6.07, 6.45) is 0. The number of hydrogen-bond acceptors (Lipinski definition) is 5. The highest BCUT2D eigenvalue weighted by Crippen LogP contribution is 2.30. The number of benzene rings is 2. The topological polar surface area (TPSA) is 68.3 Å². The average Bonchev–Trinajstić information content (AvgIpc) is 3.05. The van der Waals surface area contributed by atoms with E-state index in [9.17, 15) is 9.59 Å². The maximum atomic E-state index is 12.7. The summed E-state index contributed by atoms with van der Waals surface area (Å²) in [6.45, 7) is 1.78. The van der Waals surface area contributed by atoms with E-state index in [1.54, 1.807) is 13.0 Å². The van der Waals surface area contributed by atoms with E-state index in [0.717, 1.165) is 10.6 Å². The van der Waals surface area contributed by atoms with Gasteiger partial charge in [0.25, 0.3) is 5.91 Å². The largest absolute Gasteiger partial charge is 0.465 e. The molecule has 0 saturated carbocycles. The first-order chi connectivity index (χ1) is 12.5. The van der Waals surface area contributed by atoms with Crippen molar-refractivity contribution in [1.82, 2.24) is 4.98 Å². The smallest absolute Gasteiger partial charge is 0.337 e. The van der Waals surface area contributed by atoms with E-state index >= 15 is 0 Å². The molecule has 1 N–H and O–H groups in total. The van der Waals surface area contributed by atoms with Crippen molar-refractivity contribution in [2.75, 3.05) is 12.4 Å². The van der Waals surface area contributed by atoms with Gasteiger partial charge in [-0.15, -0.1) is 11.3 Å². The van der Waals surface area contributed by atoms with Crippen LogP contribution < -0.4 is 5.32 Å². The van der Waals surface area contributed by atoms with Crippen LogP contribution in [0.2, 0.25) is 5.02 Å². The Morgan fingerprint density at radius 1 is 1.15 bits per heavy atom. The molecule has 132 valence electrons. The number of esters is 1. The molecule has 2 aromatic carbocycles. The van der Waals surface area contributed by atoms with Crippen LogP contribution in [0.4, 0.5) is 5.69 Å². The molecular weight excluding hydrogens is 372 g/mol. The first-order valence-corrected chi connectivity index (χ1v) is 8.91. The molecule has 1 amide bonds. The Hall–Kier alpha value is -2.70. The van der Waals surface area contributed by atoms with Gasteiger partial charge < -0.3 is 10.1 Å². The highest BCUT2D eigenvalue weighted by molar-refractivity contribution is 7.17. The first kappa shape index (κ1) is 18.1. The molecule has 0 aliphatic heterocycles. The number of halogens is 1. The second-order valence-electron chi connectivity index (χ2n) is 5.44. The lowest BCUT2D eigenvalue weighted by Crippen LogP contribution is -2.13. The maximum absolute atomic E-state index is 12.7. The molecule has 0 bridgehead atoms. The molecule has 26 heavy (non-hydrogen) atoms. The van der Waals surface area contributed by atoms with Crippen LogP contribution in [0.3, 0.4) is 0 Å². The third-order valence-electron chi connectivity index (χ3n) is 3.66. The van der Waals surface area contributed by atoms with E-state index in [-0.39, 0.29) is 5.91 Å². The van der Waals surface area contributed by atoms with Crippen molar-refractivity contribution in [3.63, 3.8) is 0 Å². The summed E-state index contributed by atoms with van der Waals surface area (Å²) >= 11 is 7.44. The number of hydrogen-bond donors (Lipinski definition) is 1. The number of anilines is 1. The number of carbonyl (C=O) groups excluding carboxylic acids is 2. The van der Waals surface area contributed by atoms with E-state index in [0.29, 0.717) is 26.8 Å². The second kappa shape index (κ2) is 7.68. The lowest BCUT2D eigenvalue weighted by atomic mass is 10.2. The Balaban J connectivity index is 1.87. The van der Waals surface area contributed by atoms with E-state index in [1.807, 2.05) is 30.3 Å². The number of thiazole rings is 1. The third kappa shape index (κ3) is 3.76. The van der Waals surface area contributed by atoms with Crippen molar-refractivity contribution in [3.05, 3.63) is 69.7 Å². The van der Waals surface area contributed by atoms with Gasteiger partial charge >= 0.3 is 5.97 Å². The van der Waals surface area contributed by atoms with Gasteiger partial charge in [-0.25, -0.2) is 9.78 Å². The zero-order valence-electron chi connectivity index (χ0n) is 14.1. The minimum atomic E-state index is -0.502. The molecule has 3 aromatic rings. The number of aromatic nitrogens is 1. The fourth-order valence-corrected chi connectivity index (χ4v) is 3.49. The van der Waals surface area contributed by atoms with Gasteiger partial charge in [-0.2, -0.15) is 0 Å². The van der Waals surface area contributed by atoms with Gasteiger partial charge in [0.05, 0.1) is 29.1 Å². The zero-order chi connectivity index (χ0) is 18.7. The lowest BCUT2D eigenvalue weighted by Gasteiger charge is -2.08. The SMILES string of the molecule is COC(=O)c1ccc(Cl)c(NC(=O)c2sc(-c3ccccc3)nc2C)c1. The fraction of sp³-hybridized carbons (Fsp3) is 0.105. The number of rotatable bonds is 4. The number of methoxy groups -OCH3 is 1. The molecule has 0 fully saturated rings. The predicted molar refractivity (Wildman–Crippen MR) is 103 cm³/mol. The zero-order valence-corrected chi connectivity index (χ0v) is 15.6. The van der Waals surface area contributed by atoms with Crippen molar-refractivity contribution >= 4 is 40.5 Å². The lowest BCUT2D eigenvalue weighted by molar-refractivity contribution is 0.0600. The van der Waals surface area contributed by atoms with Crippen LogP contribution in [0.15, 0.2) is 48.5 Å². The van der Waals surface area contributed by atoms with Crippen LogP contribution in [-0.4, -0.2) is 24.0 Å². The normalized spacial score (nSPS) is 10.4. The van der Waals surface area contributed by atoms with E-state index in [2.05, 4.69) is 15.0 Å². The highest BCUT2D eigenvalue weighted by Gasteiger charge is 2.18. The summed E-state index contributed by atoms with van der Waals surface area (Å²) in [5, 5.41) is 3.84. The van der Waals surface area contributed by atoms with Crippen LogP contribution in [-0.2, 0) is 4.74 Å². The second-order valence-corrected chi connectivity index (χ2v) is 6.85. The molecule has 0 radical (unpaired) electrons. The minimum absolute atomic E-state index is 0.304. The molecule has 1 aromatic heterocycles. The van der Waals surface area contributed by atoms with E-state index in [4.69, 9.17) is 11.6 Å². The molecule has 0 atom stereocenters. The first-order valence-electron chi connectivity index (χ1n) is 7.71. The van der Waals surface area contributed by atoms with Crippen molar-refractivity contribution in [1.29, 1.82) is 0 Å². The van der Waals surface area contributed by atoms with Crippen LogP contribution >= 0.6 is 22.9 Å². The Labute approximate surface area is 159 Å². The van der Waals surface area contributed by atoms with Crippen LogP contribution in [0.1, 0.15) is 25.7 Å². The van der Waals surface area contributed by atoms with Gasteiger partial charge in [0, 0.05) is 5.56 Å². The molecule has 5 nitrogen and oxygen atoms in total. The molecule has 0 unspecified atom stereocenters. The fourth-order valence-electron chi connectivity index (χ4n) is 2.36. The highest BCUT2D eigenvalue weighted by atomic mass is 35.5. The van der Waals surface area contributed by atoms with Gasteiger partial charge in [0.2, 0.25) is 0 Å². The van der Waals surface area contributed by atoms with E-state index in [1.165, 1.54) is 30.6 Å². The van der Waals surface area contributed by atoms with Crippen LogP contribution in [0, 0.1) is 6.92 Å². The van der Waals surface area contributed by atoms with Crippen molar-refractivity contribution in [2.24, 2.45) is 0 Å². The average molecular weight is 387 g/mol. The number of carbonyl (C=O) groups is 2. The number of nitrogens with one attached hydrogen (secondary N) is 1. The third-order valence-corrected chi connectivity index (χ3v) is 5.19. The van der Waals surface area contributed by atoms with E-state index < -0.39 is 5.97 Å². The summed E-state index contributed by atoms with van der Waals surface area (Å²) in [4.78, 5) is 29.3. The summed E-state index contributed by atoms with van der Waals surface area (Å²) in [6, 6.07) is 14.2. The molecular formula is C19H15ClN2O3S. The molecule has 0 spiro atoms. The Kier molecular flexibility index (Phi) is 5.35. The van der Waals surface area contributed by atoms with Crippen molar-refractivity contribution < 1.29 is 14.3 Å². The number of nitrogens with zero attached hydrogens (tertiary/aromatic N) is 1.